The topological polar surface area (TPSA) is 67.8 Å². The monoisotopic (exact) mass is 569 g/mol. The molecule has 4 rings (SSSR count). The van der Waals surface area contributed by atoms with Crippen molar-refractivity contribution in [3.8, 4) is 17.2 Å². The fourth-order valence-electron chi connectivity index (χ4n) is 5.39. The van der Waals surface area contributed by atoms with Crippen molar-refractivity contribution in [2.24, 2.45) is 0 Å². The molecule has 3 aromatic carbocycles. The van der Waals surface area contributed by atoms with E-state index in [2.05, 4.69) is 27.3 Å². The molecule has 0 aliphatic heterocycles. The van der Waals surface area contributed by atoms with Crippen LogP contribution in [-0.4, -0.2) is 31.8 Å². The molecule has 0 spiro atoms. The summed E-state index contributed by atoms with van der Waals surface area (Å²) < 4.78 is 25.4. The Labute approximate surface area is 226 Å². The van der Waals surface area contributed by atoms with E-state index in [-0.39, 0.29) is 29.3 Å². The van der Waals surface area contributed by atoms with Gasteiger partial charge in [-0.25, -0.2) is 4.39 Å². The van der Waals surface area contributed by atoms with Crippen LogP contribution in [-0.2, 0) is 10.2 Å². The third kappa shape index (κ3) is 6.27. The van der Waals surface area contributed by atoms with Crippen LogP contribution in [0.2, 0.25) is 0 Å². The van der Waals surface area contributed by atoms with E-state index in [0.29, 0.717) is 23.6 Å². The number of carbonyl (C=O) groups excluding carboxylic acids is 1. The van der Waals surface area contributed by atoms with Crippen molar-refractivity contribution in [3.05, 3.63) is 87.6 Å². The van der Waals surface area contributed by atoms with Crippen molar-refractivity contribution in [3.63, 3.8) is 0 Å². The number of aromatic hydroxyl groups is 1. The van der Waals surface area contributed by atoms with Gasteiger partial charge in [-0.2, -0.15) is 0 Å². The third-order valence-corrected chi connectivity index (χ3v) is 7.95. The lowest BCUT2D eigenvalue weighted by molar-refractivity contribution is -0.121. The Kier molecular flexibility index (Phi) is 8.75. The maximum Gasteiger partial charge on any atom is 0.220 e. The predicted molar refractivity (Wildman–Crippen MR) is 146 cm³/mol. The van der Waals surface area contributed by atoms with Gasteiger partial charge < -0.3 is 19.9 Å². The van der Waals surface area contributed by atoms with E-state index in [0.717, 1.165) is 41.3 Å². The first-order chi connectivity index (χ1) is 17.8. The second-order valence-electron chi connectivity index (χ2n) is 9.70. The minimum absolute atomic E-state index is 0.0967. The molecule has 1 aliphatic carbocycles. The summed E-state index contributed by atoms with van der Waals surface area (Å²) >= 11 is 3.46. The van der Waals surface area contributed by atoms with Crippen LogP contribution in [0.3, 0.4) is 0 Å². The minimum Gasteiger partial charge on any atom is -0.508 e. The number of nitrogens with one attached hydrogen (secondary N) is 1. The Morgan fingerprint density at radius 1 is 1.00 bits per heavy atom. The average molecular weight is 570 g/mol. The number of methoxy groups -OCH3 is 2. The summed E-state index contributed by atoms with van der Waals surface area (Å²) in [6.45, 7) is 0.502. The quantitative estimate of drug-likeness (QED) is 0.295. The summed E-state index contributed by atoms with van der Waals surface area (Å²) in [5.41, 5.74) is 2.31. The van der Waals surface area contributed by atoms with E-state index < -0.39 is 5.92 Å². The van der Waals surface area contributed by atoms with Crippen molar-refractivity contribution < 1.29 is 23.8 Å². The summed E-state index contributed by atoms with van der Waals surface area (Å²) in [6, 6.07) is 17.3. The van der Waals surface area contributed by atoms with Crippen molar-refractivity contribution in [1.82, 2.24) is 5.32 Å². The third-order valence-electron chi connectivity index (χ3n) is 7.46. The minimum atomic E-state index is -0.429. The Bertz CT molecular complexity index is 1220. The highest BCUT2D eigenvalue weighted by Gasteiger charge is 2.35. The van der Waals surface area contributed by atoms with Gasteiger partial charge in [-0.15, -0.1) is 0 Å². The molecule has 0 radical (unpaired) electrons. The van der Waals surface area contributed by atoms with Crippen molar-refractivity contribution in [2.45, 2.75) is 49.9 Å². The number of phenols is 1. The number of benzene rings is 3. The maximum absolute atomic E-state index is 13.6. The van der Waals surface area contributed by atoms with Gasteiger partial charge in [-0.05, 0) is 66.4 Å². The van der Waals surface area contributed by atoms with Gasteiger partial charge >= 0.3 is 0 Å². The second kappa shape index (κ2) is 12.0. The number of ether oxygens (including phenoxy) is 2. The van der Waals surface area contributed by atoms with Crippen LogP contribution in [0.25, 0.3) is 0 Å². The predicted octanol–water partition coefficient (Wildman–Crippen LogP) is 6.85. The normalized spacial score (nSPS) is 15.6. The van der Waals surface area contributed by atoms with Crippen molar-refractivity contribution in [1.29, 1.82) is 0 Å². The summed E-state index contributed by atoms with van der Waals surface area (Å²) in [5.74, 6) is 0.551. The first kappa shape index (κ1) is 27.0. The molecule has 37 heavy (non-hydrogen) atoms. The molecular weight excluding hydrogens is 537 g/mol. The van der Waals surface area contributed by atoms with Gasteiger partial charge in [0.2, 0.25) is 5.91 Å². The fraction of sp³-hybridized carbons (Fsp3) is 0.367. The number of hydrogen-bond donors (Lipinski definition) is 2. The van der Waals surface area contributed by atoms with Crippen molar-refractivity contribution >= 4 is 21.8 Å². The summed E-state index contributed by atoms with van der Waals surface area (Å²) in [4.78, 5) is 13.4. The SMILES string of the molecule is COc1ccc(C2(CNC(=O)C[C@@H](c3ccc(F)cc3)c3cc(Br)ccc3O)CCCCC2)cc1OC. The number of rotatable bonds is 9. The van der Waals surface area contributed by atoms with Crippen LogP contribution in [0.4, 0.5) is 4.39 Å². The number of halogens is 2. The molecule has 1 aliphatic rings. The molecule has 196 valence electrons. The molecule has 1 amide bonds. The molecule has 2 N–H and O–H groups in total. The smallest absolute Gasteiger partial charge is 0.220 e. The van der Waals surface area contributed by atoms with Gasteiger partial charge in [-0.3, -0.25) is 4.79 Å². The molecule has 0 unspecified atom stereocenters. The highest BCUT2D eigenvalue weighted by Crippen LogP contribution is 2.42. The first-order valence-corrected chi connectivity index (χ1v) is 13.4. The molecule has 0 bridgehead atoms. The lowest BCUT2D eigenvalue weighted by Gasteiger charge is -2.38. The van der Waals surface area contributed by atoms with Crippen LogP contribution in [0, 0.1) is 5.82 Å². The number of phenolic OH excluding ortho intramolecular Hbond substituents is 1. The van der Waals surface area contributed by atoms with Crippen LogP contribution in [0.5, 0.6) is 17.2 Å². The van der Waals surface area contributed by atoms with Crippen LogP contribution in [0.1, 0.15) is 61.1 Å². The molecule has 5 nitrogen and oxygen atoms in total. The van der Waals surface area contributed by atoms with Gasteiger partial charge in [0.05, 0.1) is 14.2 Å². The molecule has 0 heterocycles. The van der Waals surface area contributed by atoms with Crippen molar-refractivity contribution in [2.75, 3.05) is 20.8 Å². The largest absolute Gasteiger partial charge is 0.508 e. The molecule has 3 aromatic rings. The van der Waals surface area contributed by atoms with E-state index in [1.165, 1.54) is 18.6 Å². The summed E-state index contributed by atoms with van der Waals surface area (Å²) in [7, 11) is 3.25. The van der Waals surface area contributed by atoms with Crippen LogP contribution < -0.4 is 14.8 Å². The Hall–Kier alpha value is -3.06. The van der Waals surface area contributed by atoms with E-state index in [9.17, 15) is 14.3 Å². The van der Waals surface area contributed by atoms with Gasteiger partial charge in [-0.1, -0.05) is 53.4 Å². The summed E-state index contributed by atoms with van der Waals surface area (Å²) in [5, 5.41) is 13.8. The maximum atomic E-state index is 13.6. The van der Waals surface area contributed by atoms with Gasteiger partial charge in [0.1, 0.15) is 11.6 Å². The zero-order valence-corrected chi connectivity index (χ0v) is 22.8. The van der Waals surface area contributed by atoms with E-state index in [1.807, 2.05) is 18.2 Å². The molecule has 1 atom stereocenters. The second-order valence-corrected chi connectivity index (χ2v) is 10.6. The molecule has 7 heteroatoms. The van der Waals surface area contributed by atoms with E-state index >= 15 is 0 Å². The standard InChI is InChI=1S/C30H33BrFNO4/c1-36-27-13-8-21(16-28(27)37-2)30(14-4-3-5-15-30)19-33-29(35)18-24(20-6-10-23(32)11-7-20)25-17-22(31)9-12-26(25)34/h6-13,16-17,24,34H,3-5,14-15,18-19H2,1-2H3,(H,33,35)/t24-/m0/s1. The van der Waals surface area contributed by atoms with Crippen LogP contribution >= 0.6 is 15.9 Å². The fourth-order valence-corrected chi connectivity index (χ4v) is 5.77. The average Bonchev–Trinajstić information content (AvgIpc) is 2.92. The highest BCUT2D eigenvalue weighted by atomic mass is 79.9. The first-order valence-electron chi connectivity index (χ1n) is 12.6. The number of amides is 1. The lowest BCUT2D eigenvalue weighted by atomic mass is 9.69. The molecular formula is C30H33BrFNO4. The zero-order valence-electron chi connectivity index (χ0n) is 21.2. The number of carbonyl (C=O) groups is 1. The number of hydrogen-bond acceptors (Lipinski definition) is 4. The molecule has 1 fully saturated rings. The van der Waals surface area contributed by atoms with Gasteiger partial charge in [0, 0.05) is 34.3 Å². The lowest BCUT2D eigenvalue weighted by Crippen LogP contribution is -2.42. The molecule has 0 saturated heterocycles. The summed E-state index contributed by atoms with van der Waals surface area (Å²) in [6.07, 6.45) is 5.42. The molecule has 0 aromatic heterocycles. The Morgan fingerprint density at radius 3 is 2.38 bits per heavy atom. The molecule has 1 saturated carbocycles. The van der Waals surface area contributed by atoms with Crippen LogP contribution in [0.15, 0.2) is 65.1 Å². The van der Waals surface area contributed by atoms with E-state index in [4.69, 9.17) is 9.47 Å². The van der Waals surface area contributed by atoms with E-state index in [1.54, 1.807) is 38.5 Å². The van der Waals surface area contributed by atoms with Gasteiger partial charge in [0.15, 0.2) is 11.5 Å². The zero-order chi connectivity index (χ0) is 26.4. The highest BCUT2D eigenvalue weighted by molar-refractivity contribution is 9.10. The Morgan fingerprint density at radius 2 is 1.70 bits per heavy atom. The van der Waals surface area contributed by atoms with Gasteiger partial charge in [0.25, 0.3) is 0 Å². The Balaban J connectivity index is 1.58.